The molecular formula is C17H20N4O3S. The zero-order chi connectivity index (χ0) is 18.2. The lowest BCUT2D eigenvalue weighted by atomic mass is 10.2. The van der Waals surface area contributed by atoms with Crippen molar-refractivity contribution in [2.75, 3.05) is 16.4 Å². The molecule has 0 spiro atoms. The normalized spacial score (nSPS) is 10.3. The van der Waals surface area contributed by atoms with E-state index in [4.69, 9.17) is 0 Å². The molecule has 2 amide bonds. The summed E-state index contributed by atoms with van der Waals surface area (Å²) >= 11 is 1.39. The largest absolute Gasteiger partial charge is 0.314 e. The van der Waals surface area contributed by atoms with Gasteiger partial charge in [0.2, 0.25) is 5.91 Å². The lowest BCUT2D eigenvalue weighted by Crippen LogP contribution is -2.24. The molecule has 0 aliphatic heterocycles. The number of hydrogen-bond acceptors (Lipinski definition) is 5. The van der Waals surface area contributed by atoms with Gasteiger partial charge >= 0.3 is 0 Å². The monoisotopic (exact) mass is 360 g/mol. The van der Waals surface area contributed by atoms with Gasteiger partial charge in [-0.15, -0.1) is 0 Å². The number of aromatic amines is 1. The first-order valence-corrected chi connectivity index (χ1v) is 8.91. The van der Waals surface area contributed by atoms with Crippen LogP contribution in [0.2, 0.25) is 0 Å². The molecule has 1 aromatic carbocycles. The van der Waals surface area contributed by atoms with Crippen LogP contribution in [0.3, 0.4) is 0 Å². The number of amides is 2. The van der Waals surface area contributed by atoms with Crippen LogP contribution in [0.1, 0.15) is 37.0 Å². The number of anilines is 2. The van der Waals surface area contributed by atoms with E-state index in [0.29, 0.717) is 10.7 Å². The van der Waals surface area contributed by atoms with E-state index in [1.807, 2.05) is 0 Å². The number of benzene rings is 1. The third-order valence-electron chi connectivity index (χ3n) is 3.20. The van der Waals surface area contributed by atoms with Crippen molar-refractivity contribution >= 4 is 35.1 Å². The average Bonchev–Trinajstić information content (AvgIpc) is 2.58. The molecule has 0 bridgehead atoms. The van der Waals surface area contributed by atoms with Crippen molar-refractivity contribution in [3.8, 4) is 0 Å². The molecule has 0 aliphatic carbocycles. The van der Waals surface area contributed by atoms with Gasteiger partial charge in [0.1, 0.15) is 0 Å². The lowest BCUT2D eigenvalue weighted by molar-refractivity contribution is -0.114. The highest BCUT2D eigenvalue weighted by Crippen LogP contribution is 2.20. The molecule has 1 aromatic heterocycles. The predicted molar refractivity (Wildman–Crippen MR) is 99.2 cm³/mol. The van der Waals surface area contributed by atoms with Gasteiger partial charge in [-0.1, -0.05) is 43.3 Å². The maximum absolute atomic E-state index is 12.4. The van der Waals surface area contributed by atoms with Gasteiger partial charge in [0, 0.05) is 18.2 Å². The fraction of sp³-hybridized carbons (Fsp3) is 0.294. The summed E-state index contributed by atoms with van der Waals surface area (Å²) in [5.41, 5.74) is -0.192. The molecule has 2 aromatic rings. The van der Waals surface area contributed by atoms with E-state index < -0.39 is 11.5 Å². The van der Waals surface area contributed by atoms with Crippen LogP contribution in [0.5, 0.6) is 0 Å². The topological polar surface area (TPSA) is 104 Å². The highest BCUT2D eigenvalue weighted by Gasteiger charge is 2.16. The van der Waals surface area contributed by atoms with Crippen LogP contribution in [0.15, 0.2) is 40.3 Å². The number of hydrogen-bond donors (Lipinski definition) is 3. The quantitative estimate of drug-likeness (QED) is 0.400. The van der Waals surface area contributed by atoms with Crippen LogP contribution in [0.25, 0.3) is 0 Å². The van der Waals surface area contributed by atoms with Crippen LogP contribution < -0.4 is 16.2 Å². The Labute approximate surface area is 149 Å². The highest BCUT2D eigenvalue weighted by atomic mass is 32.2. The SMILES string of the molecule is CCCCSc1nc(NC(C)=O)c(NC(=O)c2ccccc2)c(=O)[nH]1. The van der Waals surface area contributed by atoms with Crippen molar-refractivity contribution in [1.29, 1.82) is 0 Å². The smallest absolute Gasteiger partial charge is 0.277 e. The van der Waals surface area contributed by atoms with Crippen molar-refractivity contribution in [1.82, 2.24) is 9.97 Å². The number of carbonyl (C=O) groups excluding carboxylic acids is 2. The van der Waals surface area contributed by atoms with Gasteiger partial charge in [0.05, 0.1) is 0 Å². The third-order valence-corrected chi connectivity index (χ3v) is 4.16. The minimum Gasteiger partial charge on any atom is -0.314 e. The van der Waals surface area contributed by atoms with E-state index in [-0.39, 0.29) is 17.4 Å². The zero-order valence-electron chi connectivity index (χ0n) is 14.1. The van der Waals surface area contributed by atoms with Gasteiger partial charge in [-0.05, 0) is 18.6 Å². The second-order valence-corrected chi connectivity index (χ2v) is 6.38. The number of nitrogens with one attached hydrogen (secondary N) is 3. The Morgan fingerprint density at radius 3 is 2.56 bits per heavy atom. The molecular weight excluding hydrogens is 340 g/mol. The Bertz CT molecular complexity index is 805. The first-order chi connectivity index (χ1) is 12.0. The molecule has 0 saturated carbocycles. The van der Waals surface area contributed by atoms with E-state index in [1.165, 1.54) is 18.7 Å². The number of H-pyrrole nitrogens is 1. The molecule has 7 nitrogen and oxygen atoms in total. The Morgan fingerprint density at radius 2 is 1.92 bits per heavy atom. The predicted octanol–water partition coefficient (Wildman–Crippen LogP) is 2.87. The summed E-state index contributed by atoms with van der Waals surface area (Å²) in [5, 5.41) is 5.43. The summed E-state index contributed by atoms with van der Waals surface area (Å²) in [5.74, 6) is 0.0116. The molecule has 3 N–H and O–H groups in total. The van der Waals surface area contributed by atoms with Gasteiger partial charge in [0.15, 0.2) is 16.7 Å². The summed E-state index contributed by atoms with van der Waals surface area (Å²) in [6, 6.07) is 8.49. The maximum atomic E-state index is 12.4. The van der Waals surface area contributed by atoms with Crippen molar-refractivity contribution in [3.63, 3.8) is 0 Å². The third kappa shape index (κ3) is 5.46. The Morgan fingerprint density at radius 1 is 1.20 bits per heavy atom. The first-order valence-electron chi connectivity index (χ1n) is 7.92. The highest BCUT2D eigenvalue weighted by molar-refractivity contribution is 7.99. The van der Waals surface area contributed by atoms with Gasteiger partial charge in [-0.3, -0.25) is 19.4 Å². The number of rotatable bonds is 7. The van der Waals surface area contributed by atoms with E-state index in [1.54, 1.807) is 30.3 Å². The van der Waals surface area contributed by atoms with Crippen LogP contribution in [-0.2, 0) is 4.79 Å². The lowest BCUT2D eigenvalue weighted by Gasteiger charge is -2.11. The molecule has 2 rings (SSSR count). The molecule has 132 valence electrons. The van der Waals surface area contributed by atoms with E-state index >= 15 is 0 Å². The van der Waals surface area contributed by atoms with Gasteiger partial charge in [0.25, 0.3) is 11.5 Å². The fourth-order valence-corrected chi connectivity index (χ4v) is 2.93. The van der Waals surface area contributed by atoms with Crippen LogP contribution in [-0.4, -0.2) is 27.5 Å². The van der Waals surface area contributed by atoms with E-state index in [2.05, 4.69) is 27.5 Å². The molecule has 8 heteroatoms. The molecule has 0 radical (unpaired) electrons. The summed E-state index contributed by atoms with van der Waals surface area (Å²) in [6.07, 6.45) is 2.01. The zero-order valence-corrected chi connectivity index (χ0v) is 14.9. The van der Waals surface area contributed by atoms with Crippen molar-refractivity contribution in [3.05, 3.63) is 46.2 Å². The molecule has 1 heterocycles. The van der Waals surface area contributed by atoms with E-state index in [0.717, 1.165) is 18.6 Å². The fourth-order valence-electron chi connectivity index (χ4n) is 1.98. The van der Waals surface area contributed by atoms with Gasteiger partial charge in [-0.25, -0.2) is 4.98 Å². The molecule has 0 aliphatic rings. The number of aromatic nitrogens is 2. The number of carbonyl (C=O) groups is 2. The minimum atomic E-state index is -0.512. The molecule has 25 heavy (non-hydrogen) atoms. The van der Waals surface area contributed by atoms with Crippen molar-refractivity contribution in [2.45, 2.75) is 31.8 Å². The Kier molecular flexibility index (Phi) is 6.76. The summed E-state index contributed by atoms with van der Waals surface area (Å²) in [7, 11) is 0. The van der Waals surface area contributed by atoms with Crippen molar-refractivity contribution in [2.24, 2.45) is 0 Å². The number of unbranched alkanes of at least 4 members (excludes halogenated alkanes) is 1. The Balaban J connectivity index is 2.30. The molecule has 0 fully saturated rings. The van der Waals surface area contributed by atoms with Crippen LogP contribution >= 0.6 is 11.8 Å². The Hall–Kier alpha value is -2.61. The maximum Gasteiger partial charge on any atom is 0.277 e. The first kappa shape index (κ1) is 18.7. The summed E-state index contributed by atoms with van der Waals surface area (Å²) < 4.78 is 0. The second kappa shape index (κ2) is 9.03. The summed E-state index contributed by atoms with van der Waals surface area (Å²) in [4.78, 5) is 43.0. The second-order valence-electron chi connectivity index (χ2n) is 5.30. The van der Waals surface area contributed by atoms with Gasteiger partial charge < -0.3 is 10.6 Å². The molecule has 0 atom stereocenters. The van der Waals surface area contributed by atoms with Crippen LogP contribution in [0, 0.1) is 0 Å². The van der Waals surface area contributed by atoms with Crippen LogP contribution in [0.4, 0.5) is 11.5 Å². The average molecular weight is 360 g/mol. The molecule has 0 saturated heterocycles. The summed E-state index contributed by atoms with van der Waals surface area (Å²) in [6.45, 7) is 3.39. The minimum absolute atomic E-state index is 0.0412. The van der Waals surface area contributed by atoms with Gasteiger partial charge in [-0.2, -0.15) is 0 Å². The molecule has 0 unspecified atom stereocenters. The standard InChI is InChI=1S/C17H20N4O3S/c1-3-4-10-25-17-20-14(18-11(2)22)13(16(24)21-17)19-15(23)12-8-6-5-7-9-12/h5-9H,3-4,10H2,1-2H3,(H,19,23)(H2,18,20,21,22,24). The number of thioether (sulfide) groups is 1. The van der Waals surface area contributed by atoms with E-state index in [9.17, 15) is 14.4 Å². The van der Waals surface area contributed by atoms with Crippen molar-refractivity contribution < 1.29 is 9.59 Å². The number of nitrogens with zero attached hydrogens (tertiary/aromatic N) is 1.